The van der Waals surface area contributed by atoms with Crippen molar-refractivity contribution in [3.05, 3.63) is 76.2 Å². The number of hydrogen-bond donors (Lipinski definition) is 3. The number of amides is 1. The van der Waals surface area contributed by atoms with Crippen LogP contribution >= 0.6 is 11.3 Å². The molecule has 0 atom stereocenters. The van der Waals surface area contributed by atoms with Crippen LogP contribution in [0.15, 0.2) is 64.8 Å². The Morgan fingerprint density at radius 2 is 1.89 bits per heavy atom. The zero-order chi connectivity index (χ0) is 19.5. The van der Waals surface area contributed by atoms with Crippen LogP contribution in [0.2, 0.25) is 0 Å². The molecule has 2 aromatic heterocycles. The molecule has 28 heavy (non-hydrogen) atoms. The summed E-state index contributed by atoms with van der Waals surface area (Å²) in [5, 5.41) is 8.56. The Bertz CT molecular complexity index is 1200. The minimum Gasteiger partial charge on any atom is -0.378 e. The molecule has 4 rings (SSSR count). The highest BCUT2D eigenvalue weighted by Crippen LogP contribution is 2.30. The second-order valence-corrected chi connectivity index (χ2v) is 7.18. The average molecular weight is 390 g/mol. The summed E-state index contributed by atoms with van der Waals surface area (Å²) in [4.78, 5) is 32.1. The van der Waals surface area contributed by atoms with Gasteiger partial charge in [-0.25, -0.2) is 4.98 Å². The standard InChI is InChI=1S/C21H18N4O2S/c1-13(26)23-16-9-5-8-15(10-16)22-11-18-24-20(27)19-17(12-28-21(19)25-18)14-6-3-2-4-7-14/h2-10,12,22H,11H2,1H3,(H,23,26)(H,24,25,27). The average Bonchev–Trinajstić information content (AvgIpc) is 3.11. The van der Waals surface area contributed by atoms with Crippen LogP contribution < -0.4 is 16.2 Å². The number of thiophene rings is 1. The molecule has 2 heterocycles. The number of H-pyrrole nitrogens is 1. The molecule has 0 fully saturated rings. The molecule has 0 radical (unpaired) electrons. The SMILES string of the molecule is CC(=O)Nc1cccc(NCc2nc3scc(-c4ccccc4)c3c(=O)[nH]2)c1. The number of benzene rings is 2. The fourth-order valence-electron chi connectivity index (χ4n) is 3.00. The number of aromatic nitrogens is 2. The molecule has 0 spiro atoms. The van der Waals surface area contributed by atoms with E-state index in [-0.39, 0.29) is 11.5 Å². The Kier molecular flexibility index (Phi) is 4.90. The lowest BCUT2D eigenvalue weighted by Gasteiger charge is -2.08. The van der Waals surface area contributed by atoms with Crippen LogP contribution in [0.4, 0.5) is 11.4 Å². The van der Waals surface area contributed by atoms with Crippen molar-refractivity contribution in [2.45, 2.75) is 13.5 Å². The van der Waals surface area contributed by atoms with Gasteiger partial charge in [-0.2, -0.15) is 0 Å². The maximum absolute atomic E-state index is 12.7. The third-order valence-corrected chi connectivity index (χ3v) is 5.09. The number of carbonyl (C=O) groups is 1. The van der Waals surface area contributed by atoms with Crippen LogP contribution in [-0.4, -0.2) is 15.9 Å². The van der Waals surface area contributed by atoms with E-state index in [1.165, 1.54) is 18.3 Å². The Morgan fingerprint density at radius 1 is 1.11 bits per heavy atom. The van der Waals surface area contributed by atoms with Gasteiger partial charge in [-0.15, -0.1) is 11.3 Å². The zero-order valence-electron chi connectivity index (χ0n) is 15.2. The van der Waals surface area contributed by atoms with Crippen LogP contribution in [-0.2, 0) is 11.3 Å². The maximum atomic E-state index is 12.7. The van der Waals surface area contributed by atoms with Crippen molar-refractivity contribution in [1.29, 1.82) is 0 Å². The summed E-state index contributed by atoms with van der Waals surface area (Å²) in [6.07, 6.45) is 0. The monoisotopic (exact) mass is 390 g/mol. The number of rotatable bonds is 5. The molecule has 6 nitrogen and oxygen atoms in total. The quantitative estimate of drug-likeness (QED) is 0.476. The summed E-state index contributed by atoms with van der Waals surface area (Å²) in [7, 11) is 0. The summed E-state index contributed by atoms with van der Waals surface area (Å²) < 4.78 is 0. The fraction of sp³-hybridized carbons (Fsp3) is 0.0952. The van der Waals surface area contributed by atoms with Gasteiger partial charge in [0.25, 0.3) is 5.56 Å². The largest absolute Gasteiger partial charge is 0.378 e. The molecule has 0 aliphatic rings. The fourth-order valence-corrected chi connectivity index (χ4v) is 3.97. The number of hydrogen-bond acceptors (Lipinski definition) is 5. The summed E-state index contributed by atoms with van der Waals surface area (Å²) >= 11 is 1.46. The Morgan fingerprint density at radius 3 is 2.68 bits per heavy atom. The Balaban J connectivity index is 1.58. The summed E-state index contributed by atoms with van der Waals surface area (Å²) in [5.74, 6) is 0.435. The van der Waals surface area contributed by atoms with Crippen molar-refractivity contribution in [3.8, 4) is 11.1 Å². The Labute approximate surface area is 165 Å². The molecule has 3 N–H and O–H groups in total. The number of carbonyl (C=O) groups excluding carboxylic acids is 1. The first-order valence-corrected chi connectivity index (χ1v) is 9.65. The molecule has 0 bridgehead atoms. The van der Waals surface area contributed by atoms with E-state index < -0.39 is 0 Å². The summed E-state index contributed by atoms with van der Waals surface area (Å²) in [6, 6.07) is 17.2. The minimum atomic E-state index is -0.145. The van der Waals surface area contributed by atoms with Crippen molar-refractivity contribution < 1.29 is 4.79 Å². The molecule has 2 aromatic carbocycles. The van der Waals surface area contributed by atoms with E-state index in [2.05, 4.69) is 20.6 Å². The topological polar surface area (TPSA) is 86.9 Å². The minimum absolute atomic E-state index is 0.125. The highest BCUT2D eigenvalue weighted by atomic mass is 32.1. The first-order chi connectivity index (χ1) is 13.6. The molecular weight excluding hydrogens is 372 g/mol. The zero-order valence-corrected chi connectivity index (χ0v) is 16.0. The normalized spacial score (nSPS) is 10.8. The van der Waals surface area contributed by atoms with Gasteiger partial charge in [0.05, 0.1) is 11.9 Å². The third-order valence-electron chi connectivity index (χ3n) is 4.22. The van der Waals surface area contributed by atoms with E-state index in [1.54, 1.807) is 0 Å². The van der Waals surface area contributed by atoms with Crippen molar-refractivity contribution in [2.24, 2.45) is 0 Å². The van der Waals surface area contributed by atoms with Gasteiger partial charge in [0.1, 0.15) is 10.7 Å². The van der Waals surface area contributed by atoms with Crippen LogP contribution in [0.5, 0.6) is 0 Å². The first kappa shape index (κ1) is 17.9. The van der Waals surface area contributed by atoms with Gasteiger partial charge in [0.2, 0.25) is 5.91 Å². The lowest BCUT2D eigenvalue weighted by Crippen LogP contribution is -2.14. The number of anilines is 2. The summed E-state index contributed by atoms with van der Waals surface area (Å²) in [6.45, 7) is 1.84. The molecule has 140 valence electrons. The van der Waals surface area contributed by atoms with E-state index in [1.807, 2.05) is 60.0 Å². The summed E-state index contributed by atoms with van der Waals surface area (Å²) in [5.41, 5.74) is 3.29. The highest BCUT2D eigenvalue weighted by molar-refractivity contribution is 7.17. The van der Waals surface area contributed by atoms with E-state index >= 15 is 0 Å². The van der Waals surface area contributed by atoms with Gasteiger partial charge in [-0.1, -0.05) is 36.4 Å². The first-order valence-electron chi connectivity index (χ1n) is 8.77. The van der Waals surface area contributed by atoms with Crippen LogP contribution in [0, 0.1) is 0 Å². The van der Waals surface area contributed by atoms with Gasteiger partial charge in [-0.05, 0) is 23.8 Å². The highest BCUT2D eigenvalue weighted by Gasteiger charge is 2.12. The molecule has 7 heteroatoms. The number of nitrogens with one attached hydrogen (secondary N) is 3. The van der Waals surface area contributed by atoms with Crippen LogP contribution in [0.1, 0.15) is 12.7 Å². The Hall–Kier alpha value is -3.45. The van der Waals surface area contributed by atoms with Gasteiger partial charge in [0, 0.05) is 29.2 Å². The maximum Gasteiger partial charge on any atom is 0.260 e. The number of nitrogens with zero attached hydrogens (tertiary/aromatic N) is 1. The van der Waals surface area contributed by atoms with Gasteiger partial charge in [-0.3, -0.25) is 9.59 Å². The van der Waals surface area contributed by atoms with Crippen LogP contribution in [0.25, 0.3) is 21.3 Å². The van der Waals surface area contributed by atoms with Crippen LogP contribution in [0.3, 0.4) is 0 Å². The molecular formula is C21H18N4O2S. The van der Waals surface area contributed by atoms with Crippen molar-refractivity contribution in [3.63, 3.8) is 0 Å². The third kappa shape index (κ3) is 3.79. The lowest BCUT2D eigenvalue weighted by atomic mass is 10.1. The van der Waals surface area contributed by atoms with Gasteiger partial charge < -0.3 is 15.6 Å². The second kappa shape index (κ2) is 7.66. The van der Waals surface area contributed by atoms with E-state index in [9.17, 15) is 9.59 Å². The molecule has 0 saturated heterocycles. The lowest BCUT2D eigenvalue weighted by molar-refractivity contribution is -0.114. The predicted molar refractivity (Wildman–Crippen MR) is 114 cm³/mol. The molecule has 1 amide bonds. The molecule has 0 aliphatic heterocycles. The van der Waals surface area contributed by atoms with Gasteiger partial charge >= 0.3 is 0 Å². The molecule has 4 aromatic rings. The van der Waals surface area contributed by atoms with Gasteiger partial charge in [0.15, 0.2) is 0 Å². The number of aromatic amines is 1. The predicted octanol–water partition coefficient (Wildman–Crippen LogP) is 4.22. The molecule has 0 aliphatic carbocycles. The van der Waals surface area contributed by atoms with E-state index in [4.69, 9.17) is 0 Å². The second-order valence-electron chi connectivity index (χ2n) is 6.32. The number of fused-ring (bicyclic) bond motifs is 1. The van der Waals surface area contributed by atoms with Crippen molar-refractivity contribution in [1.82, 2.24) is 9.97 Å². The van der Waals surface area contributed by atoms with E-state index in [0.29, 0.717) is 28.3 Å². The molecule has 0 saturated carbocycles. The van der Waals surface area contributed by atoms with Crippen molar-refractivity contribution >= 4 is 38.8 Å². The smallest absolute Gasteiger partial charge is 0.260 e. The molecule has 0 unspecified atom stereocenters. The van der Waals surface area contributed by atoms with Crippen molar-refractivity contribution in [2.75, 3.05) is 10.6 Å². The van der Waals surface area contributed by atoms with E-state index in [0.717, 1.165) is 16.8 Å².